The number of nitrogen functional groups attached to an aromatic ring is 2. The molecule has 0 unspecified atom stereocenters. The number of aromatic nitrogens is 5. The van der Waals surface area contributed by atoms with Gasteiger partial charge in [0.1, 0.15) is 5.82 Å². The number of nitrogens with two attached hydrogens (primary N) is 3. The molecule has 3 aromatic carbocycles. The van der Waals surface area contributed by atoms with Gasteiger partial charge in [0.25, 0.3) is 17.0 Å². The van der Waals surface area contributed by atoms with Gasteiger partial charge in [0.15, 0.2) is 0 Å². The second-order valence-corrected chi connectivity index (χ2v) is 16.2. The normalized spacial score (nSPS) is 10.7. The molecule has 0 aliphatic rings. The largest absolute Gasteiger partial charge is 0.465 e. The van der Waals surface area contributed by atoms with Crippen molar-refractivity contribution in [1.29, 1.82) is 0 Å². The molecule has 0 aliphatic heterocycles. The second kappa shape index (κ2) is 21.5. The van der Waals surface area contributed by atoms with E-state index in [-0.39, 0.29) is 30.1 Å². The summed E-state index contributed by atoms with van der Waals surface area (Å²) in [7, 11) is 1.32. The lowest BCUT2D eigenvalue weighted by molar-refractivity contribution is 0.0600. The maximum absolute atomic E-state index is 12.8. The highest BCUT2D eigenvalue weighted by molar-refractivity contribution is 6.35. The third-order valence-electron chi connectivity index (χ3n) is 10.8. The van der Waals surface area contributed by atoms with E-state index in [1.807, 2.05) is 39.8 Å². The fourth-order valence-electron chi connectivity index (χ4n) is 7.45. The van der Waals surface area contributed by atoms with Crippen LogP contribution in [0.4, 0.5) is 11.5 Å². The van der Waals surface area contributed by atoms with Crippen LogP contribution in [0.15, 0.2) is 125 Å². The van der Waals surface area contributed by atoms with Crippen LogP contribution in [-0.2, 0) is 30.9 Å². The van der Waals surface area contributed by atoms with Crippen LogP contribution in [-0.4, -0.2) is 43.1 Å². The van der Waals surface area contributed by atoms with Crippen LogP contribution in [0.5, 0.6) is 0 Å². The lowest BCUT2D eigenvalue weighted by atomic mass is 10.0. The van der Waals surface area contributed by atoms with Crippen molar-refractivity contribution in [3.8, 4) is 0 Å². The Hall–Kier alpha value is -7.39. The molecular formula is C50H49Cl2N9O5. The Bertz CT molecular complexity index is 3180. The summed E-state index contributed by atoms with van der Waals surface area (Å²) in [6.45, 7) is 9.30. The highest BCUT2D eigenvalue weighted by Gasteiger charge is 2.13. The number of fused-ring (bicyclic) bond motifs is 2. The molecule has 14 nitrogen and oxygen atoms in total. The van der Waals surface area contributed by atoms with Gasteiger partial charge in [-0.2, -0.15) is 0 Å². The van der Waals surface area contributed by atoms with Crippen molar-refractivity contribution in [1.82, 2.24) is 29.4 Å². The molecule has 0 saturated carbocycles. The summed E-state index contributed by atoms with van der Waals surface area (Å²) in [4.78, 5) is 62.4. The lowest BCUT2D eigenvalue weighted by Crippen LogP contribution is -2.25. The van der Waals surface area contributed by atoms with Crippen molar-refractivity contribution in [2.75, 3.05) is 18.6 Å². The molecule has 0 aliphatic carbocycles. The SMILES string of the molecule is COC(=O)c1ccnc(Cn2ccc3c(Cl)cccc3c2=O)c1.Cc1cc(N)cc(C)c1CN.Cc1cc(N)nc(C)c1CNC(=O)c1ccnc(Cn2ccc3c(Cl)cccc3c2=O)c1. The Kier molecular flexibility index (Phi) is 15.7. The molecule has 0 radical (unpaired) electrons. The quantitative estimate of drug-likeness (QED) is 0.0808. The fraction of sp³-hybridized carbons (Fsp3) is 0.180. The number of nitrogens with one attached hydrogen (secondary N) is 1. The van der Waals surface area contributed by atoms with Gasteiger partial charge in [-0.25, -0.2) is 9.78 Å². The maximum Gasteiger partial charge on any atom is 0.337 e. The average Bonchev–Trinajstić information content (AvgIpc) is 3.28. The minimum absolute atomic E-state index is 0.157. The molecule has 7 N–H and O–H groups in total. The Morgan fingerprint density at radius 3 is 1.67 bits per heavy atom. The molecule has 8 aromatic rings. The van der Waals surface area contributed by atoms with Crippen LogP contribution in [0.1, 0.15) is 65.6 Å². The first kappa shape index (κ1) is 48.1. The molecule has 0 spiro atoms. The summed E-state index contributed by atoms with van der Waals surface area (Å²) in [5.74, 6) is -0.215. The number of carbonyl (C=O) groups is 2. The Morgan fingerprint density at radius 2 is 1.17 bits per heavy atom. The Labute approximate surface area is 391 Å². The van der Waals surface area contributed by atoms with Gasteiger partial charge in [0.05, 0.1) is 37.2 Å². The number of hydrogen-bond acceptors (Lipinski definition) is 11. The van der Waals surface area contributed by atoms with Crippen molar-refractivity contribution in [3.63, 3.8) is 0 Å². The van der Waals surface area contributed by atoms with E-state index in [2.05, 4.69) is 25.0 Å². The number of amides is 1. The zero-order valence-electron chi connectivity index (χ0n) is 37.1. The van der Waals surface area contributed by atoms with E-state index in [4.69, 9.17) is 40.4 Å². The predicted molar refractivity (Wildman–Crippen MR) is 262 cm³/mol. The van der Waals surface area contributed by atoms with Crippen molar-refractivity contribution >= 4 is 68.1 Å². The molecule has 8 rings (SSSR count). The molecule has 5 aromatic heterocycles. The van der Waals surface area contributed by atoms with Gasteiger partial charge >= 0.3 is 5.97 Å². The van der Waals surface area contributed by atoms with Crippen molar-refractivity contribution in [3.05, 3.63) is 203 Å². The fourth-order valence-corrected chi connectivity index (χ4v) is 7.92. The first-order valence-electron chi connectivity index (χ1n) is 20.7. The molecule has 338 valence electrons. The molecule has 5 heterocycles. The van der Waals surface area contributed by atoms with Crippen LogP contribution in [0.3, 0.4) is 0 Å². The number of anilines is 2. The molecule has 16 heteroatoms. The number of nitrogens with zero attached hydrogens (tertiary/aromatic N) is 5. The van der Waals surface area contributed by atoms with E-state index >= 15 is 0 Å². The summed E-state index contributed by atoms with van der Waals surface area (Å²) >= 11 is 12.3. The number of esters is 1. The number of methoxy groups -OCH3 is 1. The molecule has 1 amide bonds. The number of rotatable bonds is 9. The van der Waals surface area contributed by atoms with Crippen LogP contribution < -0.4 is 33.6 Å². The number of carbonyl (C=O) groups excluding carboxylic acids is 2. The molecule has 66 heavy (non-hydrogen) atoms. The van der Waals surface area contributed by atoms with Gasteiger partial charge in [-0.3, -0.25) is 24.4 Å². The van der Waals surface area contributed by atoms with Crippen molar-refractivity contribution in [2.24, 2.45) is 5.73 Å². The number of ether oxygens (including phenoxy) is 1. The zero-order valence-corrected chi connectivity index (χ0v) is 38.6. The molecular weight excluding hydrogens is 878 g/mol. The van der Waals surface area contributed by atoms with Crippen LogP contribution in [0.25, 0.3) is 21.5 Å². The molecule has 0 saturated heterocycles. The predicted octanol–water partition coefficient (Wildman–Crippen LogP) is 7.85. The maximum atomic E-state index is 12.8. The highest BCUT2D eigenvalue weighted by atomic mass is 35.5. The number of benzene rings is 3. The van der Waals surface area contributed by atoms with E-state index < -0.39 is 5.97 Å². The summed E-state index contributed by atoms with van der Waals surface area (Å²) in [5, 5.41) is 6.50. The minimum Gasteiger partial charge on any atom is -0.465 e. The molecule has 0 fully saturated rings. The summed E-state index contributed by atoms with van der Waals surface area (Å²) in [6, 6.07) is 26.3. The average molecular weight is 927 g/mol. The van der Waals surface area contributed by atoms with Gasteiger partial charge in [0.2, 0.25) is 0 Å². The number of halogens is 2. The van der Waals surface area contributed by atoms with Crippen LogP contribution >= 0.6 is 23.2 Å². The van der Waals surface area contributed by atoms with Gasteiger partial charge in [-0.05, 0) is 134 Å². The van der Waals surface area contributed by atoms with Crippen molar-refractivity contribution < 1.29 is 14.3 Å². The van der Waals surface area contributed by atoms with E-state index in [0.29, 0.717) is 73.0 Å². The summed E-state index contributed by atoms with van der Waals surface area (Å²) in [6.07, 6.45) is 6.44. The number of aryl methyl sites for hydroxylation is 4. The Balaban J connectivity index is 0.000000184. The third kappa shape index (κ3) is 11.5. The summed E-state index contributed by atoms with van der Waals surface area (Å²) in [5.41, 5.74) is 25.8. The first-order valence-corrected chi connectivity index (χ1v) is 21.4. The second-order valence-electron chi connectivity index (χ2n) is 15.4. The van der Waals surface area contributed by atoms with Crippen LogP contribution in [0, 0.1) is 27.7 Å². The first-order chi connectivity index (χ1) is 31.6. The standard InChI is InChI=1S/C24H22ClN5O2.C17H13ClN2O3.C9H14N2/c1-14-10-22(26)29-15(2)20(14)12-28-23(31)16-6-8-27-17(11-16)13-30-9-7-18-19(24(30)32)4-3-5-21(18)25;1-23-17(22)11-5-7-19-12(9-11)10-20-8-6-13-14(16(20)21)3-2-4-15(13)18;1-6-3-8(11)4-7(2)9(6)5-10/h3-11H,12-13H2,1-2H3,(H2,26,29)(H,28,31);2-9H,10H2,1H3;3-4H,5,10-11H2,1-2H3. The lowest BCUT2D eigenvalue weighted by Gasteiger charge is -2.12. The van der Waals surface area contributed by atoms with Gasteiger partial charge in [-0.15, -0.1) is 0 Å². The number of hydrogen-bond donors (Lipinski definition) is 4. The molecule has 0 atom stereocenters. The topological polar surface area (TPSA) is 216 Å². The summed E-state index contributed by atoms with van der Waals surface area (Å²) < 4.78 is 7.77. The van der Waals surface area contributed by atoms with Crippen molar-refractivity contribution in [2.45, 2.75) is 53.9 Å². The molecule has 0 bridgehead atoms. The zero-order chi connectivity index (χ0) is 47.7. The van der Waals surface area contributed by atoms with Gasteiger partial charge in [-0.1, -0.05) is 35.3 Å². The van der Waals surface area contributed by atoms with Crippen LogP contribution in [0.2, 0.25) is 10.0 Å². The van der Waals surface area contributed by atoms with Gasteiger partial charge in [0, 0.05) is 86.4 Å². The van der Waals surface area contributed by atoms with E-state index in [9.17, 15) is 19.2 Å². The van der Waals surface area contributed by atoms with Gasteiger partial charge < -0.3 is 36.4 Å². The van der Waals surface area contributed by atoms with E-state index in [0.717, 1.165) is 22.5 Å². The highest BCUT2D eigenvalue weighted by Crippen LogP contribution is 2.22. The van der Waals surface area contributed by atoms with E-state index in [1.54, 1.807) is 102 Å². The number of pyridine rings is 5. The van der Waals surface area contributed by atoms with E-state index in [1.165, 1.54) is 34.6 Å². The smallest absolute Gasteiger partial charge is 0.337 e. The monoisotopic (exact) mass is 925 g/mol. The third-order valence-corrected chi connectivity index (χ3v) is 11.5. The Morgan fingerprint density at radius 1 is 0.667 bits per heavy atom. The minimum atomic E-state index is -0.439.